The topological polar surface area (TPSA) is 84.1 Å². The molecule has 2 aromatic rings. The van der Waals surface area contributed by atoms with Gasteiger partial charge < -0.3 is 10.1 Å². The predicted molar refractivity (Wildman–Crippen MR) is 79.9 cm³/mol. The molecule has 6 heteroatoms. The van der Waals surface area contributed by atoms with Crippen molar-refractivity contribution in [3.8, 4) is 5.75 Å². The van der Waals surface area contributed by atoms with Gasteiger partial charge in [0, 0.05) is 11.8 Å². The van der Waals surface area contributed by atoms with Crippen LogP contribution in [-0.4, -0.2) is 23.2 Å². The fourth-order valence-electron chi connectivity index (χ4n) is 1.93. The molecule has 0 aliphatic rings. The first-order chi connectivity index (χ1) is 10.0. The first-order valence-corrected chi connectivity index (χ1v) is 6.56. The fourth-order valence-corrected chi connectivity index (χ4v) is 1.93. The number of nitrogens with zero attached hydrogens (tertiary/aromatic N) is 1. The van der Waals surface area contributed by atoms with E-state index in [1.165, 1.54) is 12.1 Å². The van der Waals surface area contributed by atoms with Gasteiger partial charge in [-0.3, -0.25) is 9.59 Å². The summed E-state index contributed by atoms with van der Waals surface area (Å²) >= 11 is 0. The molecule has 21 heavy (non-hydrogen) atoms. The standard InChI is InChI=1S/C15H17N3O3/c1-9(2)11-8-10(4-6-13(11)21-3)16-15(20)12-5-7-14(19)18-17-12/h4-9H,1-3H3,(H,16,20)(H,18,19). The maximum absolute atomic E-state index is 12.0. The highest BCUT2D eigenvalue weighted by Gasteiger charge is 2.12. The molecular formula is C15H17N3O3. The minimum atomic E-state index is -0.383. The summed E-state index contributed by atoms with van der Waals surface area (Å²) in [6.07, 6.45) is 0. The lowest BCUT2D eigenvalue weighted by Crippen LogP contribution is -2.17. The normalized spacial score (nSPS) is 10.5. The van der Waals surface area contributed by atoms with Crippen LogP contribution in [0, 0.1) is 0 Å². The summed E-state index contributed by atoms with van der Waals surface area (Å²) < 4.78 is 5.30. The van der Waals surface area contributed by atoms with Crippen molar-refractivity contribution in [2.45, 2.75) is 19.8 Å². The number of nitrogens with one attached hydrogen (secondary N) is 2. The highest BCUT2D eigenvalue weighted by molar-refractivity contribution is 6.02. The predicted octanol–water partition coefficient (Wildman–Crippen LogP) is 2.15. The molecule has 0 aliphatic heterocycles. The molecule has 2 rings (SSSR count). The number of H-pyrrole nitrogens is 1. The van der Waals surface area contributed by atoms with Crippen molar-refractivity contribution in [1.82, 2.24) is 10.2 Å². The smallest absolute Gasteiger partial charge is 0.276 e. The number of carbonyl (C=O) groups excluding carboxylic acids is 1. The van der Waals surface area contributed by atoms with Crippen LogP contribution in [0.2, 0.25) is 0 Å². The van der Waals surface area contributed by atoms with Gasteiger partial charge in [0.15, 0.2) is 0 Å². The SMILES string of the molecule is COc1ccc(NC(=O)c2ccc(=O)[nH]n2)cc1C(C)C. The first kappa shape index (κ1) is 14.8. The van der Waals surface area contributed by atoms with E-state index in [1.54, 1.807) is 13.2 Å². The molecule has 0 aliphatic carbocycles. The van der Waals surface area contributed by atoms with Gasteiger partial charge in [-0.1, -0.05) is 13.8 Å². The number of hydrogen-bond donors (Lipinski definition) is 2. The molecule has 0 fully saturated rings. The highest BCUT2D eigenvalue weighted by atomic mass is 16.5. The maximum Gasteiger partial charge on any atom is 0.276 e. The minimum Gasteiger partial charge on any atom is -0.496 e. The molecule has 0 spiro atoms. The average molecular weight is 287 g/mol. The molecule has 1 heterocycles. The molecule has 110 valence electrons. The summed E-state index contributed by atoms with van der Waals surface area (Å²) in [5, 5.41) is 8.66. The fraction of sp³-hybridized carbons (Fsp3) is 0.267. The van der Waals surface area contributed by atoms with E-state index in [-0.39, 0.29) is 23.1 Å². The van der Waals surface area contributed by atoms with Gasteiger partial charge in [0.1, 0.15) is 11.4 Å². The first-order valence-electron chi connectivity index (χ1n) is 6.56. The number of anilines is 1. The Kier molecular flexibility index (Phi) is 4.37. The van der Waals surface area contributed by atoms with Gasteiger partial charge in [0.2, 0.25) is 0 Å². The number of amides is 1. The van der Waals surface area contributed by atoms with Crippen LogP contribution >= 0.6 is 0 Å². The Bertz CT molecular complexity index is 687. The van der Waals surface area contributed by atoms with Crippen molar-refractivity contribution < 1.29 is 9.53 Å². The van der Waals surface area contributed by atoms with Crippen LogP contribution in [0.4, 0.5) is 5.69 Å². The van der Waals surface area contributed by atoms with Crippen molar-refractivity contribution in [2.24, 2.45) is 0 Å². The number of methoxy groups -OCH3 is 1. The number of rotatable bonds is 4. The largest absolute Gasteiger partial charge is 0.496 e. The van der Waals surface area contributed by atoms with E-state index >= 15 is 0 Å². The third-order valence-corrected chi connectivity index (χ3v) is 3.02. The molecule has 0 bridgehead atoms. The zero-order valence-electron chi connectivity index (χ0n) is 12.1. The summed E-state index contributed by atoms with van der Waals surface area (Å²) in [4.78, 5) is 23.0. The van der Waals surface area contributed by atoms with Gasteiger partial charge in [-0.05, 0) is 35.7 Å². The average Bonchev–Trinajstić information content (AvgIpc) is 2.47. The Hall–Kier alpha value is -2.63. The van der Waals surface area contributed by atoms with Gasteiger partial charge in [0.25, 0.3) is 11.5 Å². The van der Waals surface area contributed by atoms with E-state index in [0.717, 1.165) is 11.3 Å². The zero-order valence-corrected chi connectivity index (χ0v) is 12.1. The number of hydrogen-bond acceptors (Lipinski definition) is 4. The molecule has 0 radical (unpaired) electrons. The van der Waals surface area contributed by atoms with Crippen molar-refractivity contribution in [1.29, 1.82) is 0 Å². The van der Waals surface area contributed by atoms with E-state index < -0.39 is 0 Å². The monoisotopic (exact) mass is 287 g/mol. The summed E-state index contributed by atoms with van der Waals surface area (Å²) in [6, 6.07) is 8.07. The van der Waals surface area contributed by atoms with Gasteiger partial charge in [-0.15, -0.1) is 0 Å². The molecule has 0 atom stereocenters. The maximum atomic E-state index is 12.0. The number of ether oxygens (including phenoxy) is 1. The zero-order chi connectivity index (χ0) is 15.4. The molecule has 1 aromatic carbocycles. The van der Waals surface area contributed by atoms with Crippen molar-refractivity contribution >= 4 is 11.6 Å². The Morgan fingerprint density at radius 2 is 2.05 bits per heavy atom. The van der Waals surface area contributed by atoms with E-state index in [4.69, 9.17) is 4.74 Å². The van der Waals surface area contributed by atoms with Crippen molar-refractivity contribution in [3.05, 3.63) is 51.9 Å². The van der Waals surface area contributed by atoms with E-state index in [2.05, 4.69) is 15.5 Å². The van der Waals surface area contributed by atoms with Gasteiger partial charge in [0.05, 0.1) is 7.11 Å². The molecule has 1 amide bonds. The van der Waals surface area contributed by atoms with Gasteiger partial charge in [-0.25, -0.2) is 5.10 Å². The van der Waals surface area contributed by atoms with E-state index in [1.807, 2.05) is 26.0 Å². The van der Waals surface area contributed by atoms with Crippen LogP contribution in [0.15, 0.2) is 35.1 Å². The third kappa shape index (κ3) is 3.47. The summed E-state index contributed by atoms with van der Waals surface area (Å²) in [5.74, 6) is 0.666. The Labute approximate surface area is 122 Å². The number of benzene rings is 1. The quantitative estimate of drug-likeness (QED) is 0.902. The van der Waals surface area contributed by atoms with Crippen LogP contribution in [0.3, 0.4) is 0 Å². The molecule has 0 unspecified atom stereocenters. The van der Waals surface area contributed by atoms with Gasteiger partial charge in [-0.2, -0.15) is 5.10 Å². The molecule has 0 saturated carbocycles. The lowest BCUT2D eigenvalue weighted by Gasteiger charge is -2.14. The Balaban J connectivity index is 2.23. The minimum absolute atomic E-state index is 0.150. The lowest BCUT2D eigenvalue weighted by atomic mass is 10.0. The van der Waals surface area contributed by atoms with Crippen LogP contribution in [0.25, 0.3) is 0 Å². The van der Waals surface area contributed by atoms with Gasteiger partial charge >= 0.3 is 0 Å². The summed E-state index contributed by atoms with van der Waals surface area (Å²) in [6.45, 7) is 4.10. The summed E-state index contributed by atoms with van der Waals surface area (Å²) in [7, 11) is 1.61. The lowest BCUT2D eigenvalue weighted by molar-refractivity contribution is 0.102. The van der Waals surface area contributed by atoms with Crippen LogP contribution < -0.4 is 15.6 Å². The third-order valence-electron chi connectivity index (χ3n) is 3.02. The number of aromatic nitrogens is 2. The number of aromatic amines is 1. The Morgan fingerprint density at radius 3 is 2.62 bits per heavy atom. The van der Waals surface area contributed by atoms with Crippen molar-refractivity contribution in [3.63, 3.8) is 0 Å². The highest BCUT2D eigenvalue weighted by Crippen LogP contribution is 2.29. The second-order valence-corrected chi connectivity index (χ2v) is 4.87. The Morgan fingerprint density at radius 1 is 1.29 bits per heavy atom. The van der Waals surface area contributed by atoms with Crippen LogP contribution in [-0.2, 0) is 0 Å². The summed E-state index contributed by atoms with van der Waals surface area (Å²) in [5.41, 5.74) is 1.46. The second-order valence-electron chi connectivity index (χ2n) is 4.87. The van der Waals surface area contributed by atoms with Crippen molar-refractivity contribution in [2.75, 3.05) is 12.4 Å². The molecule has 0 saturated heterocycles. The van der Waals surface area contributed by atoms with Crippen LogP contribution in [0.1, 0.15) is 35.8 Å². The second kappa shape index (κ2) is 6.21. The molecule has 2 N–H and O–H groups in total. The number of carbonyl (C=O) groups is 1. The molecular weight excluding hydrogens is 270 g/mol. The van der Waals surface area contributed by atoms with E-state index in [9.17, 15) is 9.59 Å². The molecule has 6 nitrogen and oxygen atoms in total. The van der Waals surface area contributed by atoms with Crippen LogP contribution in [0.5, 0.6) is 5.75 Å². The van der Waals surface area contributed by atoms with E-state index in [0.29, 0.717) is 5.69 Å². The molecule has 1 aromatic heterocycles.